The highest BCUT2D eigenvalue weighted by molar-refractivity contribution is 5.86. The molecule has 7 heteroatoms. The van der Waals surface area contributed by atoms with Crippen LogP contribution in [-0.4, -0.2) is 41.8 Å². The Kier molecular flexibility index (Phi) is 7.87. The Labute approximate surface area is 188 Å². The Hall–Kier alpha value is -3.35. The maximum Gasteiger partial charge on any atom is 0.407 e. The topological polar surface area (TPSA) is 105 Å². The van der Waals surface area contributed by atoms with Gasteiger partial charge in [0.25, 0.3) is 0 Å². The van der Waals surface area contributed by atoms with Gasteiger partial charge in [0, 0.05) is 12.0 Å². The summed E-state index contributed by atoms with van der Waals surface area (Å²) in [6.07, 6.45) is 1.46. The van der Waals surface area contributed by atoms with Crippen LogP contribution >= 0.6 is 0 Å². The van der Waals surface area contributed by atoms with E-state index in [1.165, 1.54) is 0 Å². The van der Waals surface area contributed by atoms with E-state index in [2.05, 4.69) is 22.8 Å². The number of amides is 2. The van der Waals surface area contributed by atoms with Gasteiger partial charge in [-0.2, -0.15) is 0 Å². The summed E-state index contributed by atoms with van der Waals surface area (Å²) in [6, 6.07) is 14.8. The number of alkyl carbamates (subject to hydrolysis) is 1. The van der Waals surface area contributed by atoms with E-state index in [-0.39, 0.29) is 18.9 Å². The predicted octanol–water partition coefficient (Wildman–Crippen LogP) is 4.06. The summed E-state index contributed by atoms with van der Waals surface area (Å²) in [7, 11) is 0. The molecule has 3 rings (SSSR count). The minimum atomic E-state index is -0.969. The normalized spacial score (nSPS) is 14.1. The van der Waals surface area contributed by atoms with E-state index >= 15 is 0 Å². The summed E-state index contributed by atoms with van der Waals surface area (Å²) in [5, 5.41) is 14.3. The number of ether oxygens (including phenoxy) is 1. The van der Waals surface area contributed by atoms with Gasteiger partial charge in [-0.05, 0) is 35.6 Å². The highest BCUT2D eigenvalue weighted by atomic mass is 16.5. The van der Waals surface area contributed by atoms with Crippen molar-refractivity contribution in [2.45, 2.75) is 57.5 Å². The van der Waals surface area contributed by atoms with Crippen molar-refractivity contribution in [3.8, 4) is 11.1 Å². The fraction of sp³-hybridized carbons (Fsp3) is 0.400. The van der Waals surface area contributed by atoms with Gasteiger partial charge in [-0.1, -0.05) is 68.3 Å². The number of carboxylic acids is 1. The average Bonchev–Trinajstić information content (AvgIpc) is 3.09. The van der Waals surface area contributed by atoms with Gasteiger partial charge in [0.15, 0.2) is 0 Å². The molecule has 0 saturated carbocycles. The molecule has 32 heavy (non-hydrogen) atoms. The first-order valence-corrected chi connectivity index (χ1v) is 11.0. The minimum absolute atomic E-state index is 0.0636. The van der Waals surface area contributed by atoms with Gasteiger partial charge in [-0.3, -0.25) is 9.59 Å². The second-order valence-electron chi connectivity index (χ2n) is 8.14. The Morgan fingerprint density at radius 1 is 1.00 bits per heavy atom. The summed E-state index contributed by atoms with van der Waals surface area (Å²) in [5.74, 6) is -1.46. The van der Waals surface area contributed by atoms with Gasteiger partial charge in [0.1, 0.15) is 12.6 Å². The quantitative estimate of drug-likeness (QED) is 0.519. The molecule has 7 nitrogen and oxygen atoms in total. The molecule has 2 aromatic rings. The van der Waals surface area contributed by atoms with Crippen LogP contribution in [0.5, 0.6) is 0 Å². The molecule has 0 spiro atoms. The molecule has 0 saturated heterocycles. The van der Waals surface area contributed by atoms with Gasteiger partial charge in [0.2, 0.25) is 5.91 Å². The zero-order valence-corrected chi connectivity index (χ0v) is 18.5. The fourth-order valence-electron chi connectivity index (χ4n) is 4.10. The van der Waals surface area contributed by atoms with E-state index in [9.17, 15) is 14.4 Å². The molecule has 1 aliphatic carbocycles. The molecule has 0 aromatic heterocycles. The van der Waals surface area contributed by atoms with Gasteiger partial charge >= 0.3 is 12.1 Å². The van der Waals surface area contributed by atoms with E-state index < -0.39 is 30.1 Å². The molecule has 0 radical (unpaired) electrons. The first kappa shape index (κ1) is 23.3. The Bertz CT molecular complexity index is 929. The average molecular weight is 439 g/mol. The van der Waals surface area contributed by atoms with Crippen LogP contribution < -0.4 is 10.6 Å². The lowest BCUT2D eigenvalue weighted by Gasteiger charge is -2.21. The van der Waals surface area contributed by atoms with Crippen molar-refractivity contribution < 1.29 is 24.2 Å². The number of carboxylic acid groups (broad SMARTS) is 1. The third-order valence-electron chi connectivity index (χ3n) is 5.74. The molecule has 2 atom stereocenters. The molecule has 0 heterocycles. The van der Waals surface area contributed by atoms with E-state index in [4.69, 9.17) is 9.84 Å². The summed E-state index contributed by atoms with van der Waals surface area (Å²) >= 11 is 0. The van der Waals surface area contributed by atoms with E-state index in [0.29, 0.717) is 6.42 Å². The van der Waals surface area contributed by atoms with Gasteiger partial charge in [0.05, 0.1) is 6.42 Å². The number of benzene rings is 2. The van der Waals surface area contributed by atoms with Crippen LogP contribution in [0.25, 0.3) is 11.1 Å². The van der Waals surface area contributed by atoms with Gasteiger partial charge < -0.3 is 20.5 Å². The molecule has 0 aliphatic heterocycles. The zero-order valence-electron chi connectivity index (χ0n) is 18.5. The standard InChI is InChI=1S/C25H30N2O5/c1-3-4-9-17(14-23(28)29)27-24(30)16(2)26-25(31)32-15-22-20-12-7-5-10-18(20)19-11-6-8-13-21(19)22/h5-8,10-13,16-17,22H,3-4,9,14-15H2,1-2H3,(H,26,31)(H,27,30)(H,28,29)/t16-,17-/m1/s1. The Balaban J connectivity index is 1.55. The number of aliphatic carboxylic acids is 1. The van der Waals surface area contributed by atoms with Crippen LogP contribution in [0.4, 0.5) is 4.79 Å². The Morgan fingerprint density at radius 3 is 2.16 bits per heavy atom. The monoisotopic (exact) mass is 438 g/mol. The zero-order chi connectivity index (χ0) is 23.1. The van der Waals surface area contributed by atoms with Gasteiger partial charge in [-0.25, -0.2) is 4.79 Å². The number of nitrogens with one attached hydrogen (secondary N) is 2. The highest BCUT2D eigenvalue weighted by Gasteiger charge is 2.29. The number of fused-ring (bicyclic) bond motifs is 3. The maximum absolute atomic E-state index is 12.4. The number of unbranched alkanes of at least 4 members (excludes halogenated alkanes) is 1. The first-order valence-electron chi connectivity index (χ1n) is 11.0. The number of hydrogen-bond donors (Lipinski definition) is 3. The first-order chi connectivity index (χ1) is 15.4. The van der Waals surface area contributed by atoms with Crippen molar-refractivity contribution in [2.75, 3.05) is 6.61 Å². The number of rotatable bonds is 10. The van der Waals surface area contributed by atoms with Crippen molar-refractivity contribution in [2.24, 2.45) is 0 Å². The highest BCUT2D eigenvalue weighted by Crippen LogP contribution is 2.44. The molecule has 2 amide bonds. The Morgan fingerprint density at radius 2 is 1.59 bits per heavy atom. The maximum atomic E-state index is 12.4. The summed E-state index contributed by atoms with van der Waals surface area (Å²) in [6.45, 7) is 3.71. The van der Waals surface area contributed by atoms with Crippen LogP contribution in [0.2, 0.25) is 0 Å². The molecule has 0 unspecified atom stereocenters. The van der Waals surface area contributed by atoms with Crippen molar-refractivity contribution in [3.05, 3.63) is 59.7 Å². The molecule has 2 aromatic carbocycles. The second kappa shape index (κ2) is 10.8. The van der Waals surface area contributed by atoms with E-state index in [1.54, 1.807) is 6.92 Å². The summed E-state index contributed by atoms with van der Waals surface area (Å²) in [4.78, 5) is 35.9. The molecule has 0 fully saturated rings. The summed E-state index contributed by atoms with van der Waals surface area (Å²) in [5.41, 5.74) is 4.50. The number of hydrogen-bond acceptors (Lipinski definition) is 4. The minimum Gasteiger partial charge on any atom is -0.481 e. The predicted molar refractivity (Wildman–Crippen MR) is 121 cm³/mol. The van der Waals surface area contributed by atoms with E-state index in [0.717, 1.165) is 35.1 Å². The summed E-state index contributed by atoms with van der Waals surface area (Å²) < 4.78 is 5.47. The lowest BCUT2D eigenvalue weighted by molar-refractivity contribution is -0.137. The smallest absolute Gasteiger partial charge is 0.407 e. The largest absolute Gasteiger partial charge is 0.481 e. The van der Waals surface area contributed by atoms with Crippen LogP contribution in [0.1, 0.15) is 56.6 Å². The van der Waals surface area contributed by atoms with Crippen LogP contribution in [-0.2, 0) is 14.3 Å². The molecule has 3 N–H and O–H groups in total. The molecule has 1 aliphatic rings. The number of carbonyl (C=O) groups is 3. The van der Waals surface area contributed by atoms with Crippen LogP contribution in [0, 0.1) is 0 Å². The lowest BCUT2D eigenvalue weighted by atomic mass is 9.98. The second-order valence-corrected chi connectivity index (χ2v) is 8.14. The fourth-order valence-corrected chi connectivity index (χ4v) is 4.10. The van der Waals surface area contributed by atoms with Gasteiger partial charge in [-0.15, -0.1) is 0 Å². The van der Waals surface area contributed by atoms with Crippen molar-refractivity contribution in [1.29, 1.82) is 0 Å². The van der Waals surface area contributed by atoms with Crippen molar-refractivity contribution >= 4 is 18.0 Å². The molecule has 0 bridgehead atoms. The van der Waals surface area contributed by atoms with Crippen molar-refractivity contribution in [1.82, 2.24) is 10.6 Å². The van der Waals surface area contributed by atoms with Crippen LogP contribution in [0.3, 0.4) is 0 Å². The third kappa shape index (κ3) is 5.66. The van der Waals surface area contributed by atoms with Crippen LogP contribution in [0.15, 0.2) is 48.5 Å². The van der Waals surface area contributed by atoms with E-state index in [1.807, 2.05) is 43.3 Å². The molecular formula is C25H30N2O5. The number of carbonyl (C=O) groups excluding carboxylic acids is 2. The van der Waals surface area contributed by atoms with Crippen molar-refractivity contribution in [3.63, 3.8) is 0 Å². The third-order valence-corrected chi connectivity index (χ3v) is 5.74. The lowest BCUT2D eigenvalue weighted by Crippen LogP contribution is -2.48. The SMILES string of the molecule is CCCC[C@H](CC(=O)O)NC(=O)[C@@H](C)NC(=O)OCC1c2ccccc2-c2ccccc21. The molecular weight excluding hydrogens is 408 g/mol. The molecule has 170 valence electrons.